The van der Waals surface area contributed by atoms with Gasteiger partial charge in [0.25, 0.3) is 0 Å². The summed E-state index contributed by atoms with van der Waals surface area (Å²) in [4.78, 5) is 11.8. The average Bonchev–Trinajstić information content (AvgIpc) is 2.80. The first-order valence-electron chi connectivity index (χ1n) is 14.5. The Hall–Kier alpha value is -0.180. The number of hydrogen-bond acceptors (Lipinski definition) is 3. The number of carbonyl (C=O) groups is 1. The van der Waals surface area contributed by atoms with E-state index in [2.05, 4.69) is 13.8 Å². The molecule has 0 aromatic carbocycles. The highest BCUT2D eigenvalue weighted by atomic mass is 32.2. The smallest absolute Gasteiger partial charge is 0.306 e. The van der Waals surface area contributed by atoms with Crippen LogP contribution in [0.4, 0.5) is 0 Å². The number of esters is 1. The van der Waals surface area contributed by atoms with Crippen LogP contribution in [0.1, 0.15) is 162 Å². The molecule has 2 nitrogen and oxygen atoms in total. The van der Waals surface area contributed by atoms with Crippen LogP contribution in [0, 0.1) is 0 Å². The van der Waals surface area contributed by atoms with Crippen LogP contribution in [0.2, 0.25) is 0 Å². The SMILES string of the molecule is CCCCCCCCCCCCCCSCCC(=O)OCCCCCCCCCCCC. The highest BCUT2D eigenvalue weighted by Crippen LogP contribution is 2.14. The van der Waals surface area contributed by atoms with Gasteiger partial charge in [-0.1, -0.05) is 142 Å². The second kappa shape index (κ2) is 28.9. The Balaban J connectivity index is 3.13. The summed E-state index contributed by atoms with van der Waals surface area (Å²) < 4.78 is 5.38. The third-order valence-corrected chi connectivity index (χ3v) is 7.42. The fraction of sp³-hybridized carbons (Fsp3) is 0.966. The largest absolute Gasteiger partial charge is 0.466 e. The van der Waals surface area contributed by atoms with E-state index in [-0.39, 0.29) is 5.97 Å². The fourth-order valence-corrected chi connectivity index (χ4v) is 5.07. The van der Waals surface area contributed by atoms with E-state index in [1.807, 2.05) is 11.8 Å². The van der Waals surface area contributed by atoms with Crippen LogP contribution >= 0.6 is 11.8 Å². The van der Waals surface area contributed by atoms with Gasteiger partial charge in [0.15, 0.2) is 0 Å². The minimum Gasteiger partial charge on any atom is -0.466 e. The van der Waals surface area contributed by atoms with Crippen molar-refractivity contribution >= 4 is 17.7 Å². The number of thioether (sulfide) groups is 1. The van der Waals surface area contributed by atoms with Gasteiger partial charge in [-0.15, -0.1) is 0 Å². The lowest BCUT2D eigenvalue weighted by Crippen LogP contribution is -2.07. The summed E-state index contributed by atoms with van der Waals surface area (Å²) in [6, 6.07) is 0. The van der Waals surface area contributed by atoms with E-state index in [1.54, 1.807) is 0 Å². The van der Waals surface area contributed by atoms with Crippen LogP contribution in [0.25, 0.3) is 0 Å². The normalized spacial score (nSPS) is 11.2. The highest BCUT2D eigenvalue weighted by molar-refractivity contribution is 7.99. The van der Waals surface area contributed by atoms with Crippen LogP contribution in [0.3, 0.4) is 0 Å². The van der Waals surface area contributed by atoms with Gasteiger partial charge in [-0.3, -0.25) is 4.79 Å². The molecule has 0 radical (unpaired) electrons. The van der Waals surface area contributed by atoms with Crippen LogP contribution in [0.15, 0.2) is 0 Å². The zero-order chi connectivity index (χ0) is 23.4. The van der Waals surface area contributed by atoms with Crippen molar-refractivity contribution in [2.24, 2.45) is 0 Å². The second-order valence-electron chi connectivity index (χ2n) is 9.65. The van der Waals surface area contributed by atoms with Gasteiger partial charge in [-0.05, 0) is 18.6 Å². The van der Waals surface area contributed by atoms with Crippen molar-refractivity contribution in [3.63, 3.8) is 0 Å². The fourth-order valence-electron chi connectivity index (χ4n) is 4.15. The Morgan fingerprint density at radius 1 is 0.500 bits per heavy atom. The minimum atomic E-state index is 0.00289. The molecule has 192 valence electrons. The van der Waals surface area contributed by atoms with Gasteiger partial charge in [0.05, 0.1) is 13.0 Å². The molecule has 32 heavy (non-hydrogen) atoms. The standard InChI is InChI=1S/C29H58O2S/c1-3-5-7-9-11-13-15-16-18-20-22-24-27-32-28-25-29(30)31-26-23-21-19-17-14-12-10-8-6-4-2/h3-28H2,1-2H3. The van der Waals surface area contributed by atoms with Crippen molar-refractivity contribution in [2.45, 2.75) is 162 Å². The molecule has 0 saturated carbocycles. The number of ether oxygens (including phenoxy) is 1. The Labute approximate surface area is 206 Å². The van der Waals surface area contributed by atoms with Crippen LogP contribution < -0.4 is 0 Å². The molecule has 0 fully saturated rings. The Kier molecular flexibility index (Phi) is 28.7. The topological polar surface area (TPSA) is 26.3 Å². The van der Waals surface area contributed by atoms with Crippen molar-refractivity contribution in [1.29, 1.82) is 0 Å². The number of carbonyl (C=O) groups excluding carboxylic acids is 1. The second-order valence-corrected chi connectivity index (χ2v) is 10.9. The lowest BCUT2D eigenvalue weighted by atomic mass is 10.1. The first-order valence-corrected chi connectivity index (χ1v) is 15.7. The van der Waals surface area contributed by atoms with Crippen molar-refractivity contribution in [3.8, 4) is 0 Å². The molecule has 0 amide bonds. The van der Waals surface area contributed by atoms with E-state index in [4.69, 9.17) is 4.74 Å². The molecule has 3 heteroatoms. The molecule has 0 atom stereocenters. The average molecular weight is 471 g/mol. The first kappa shape index (κ1) is 31.8. The molecule has 0 unspecified atom stereocenters. The van der Waals surface area contributed by atoms with Crippen molar-refractivity contribution in [1.82, 2.24) is 0 Å². The lowest BCUT2D eigenvalue weighted by molar-refractivity contribution is -0.143. The zero-order valence-electron chi connectivity index (χ0n) is 22.1. The van der Waals surface area contributed by atoms with Gasteiger partial charge < -0.3 is 4.74 Å². The van der Waals surface area contributed by atoms with Crippen LogP contribution in [0.5, 0.6) is 0 Å². The molecule has 0 aliphatic carbocycles. The van der Waals surface area contributed by atoms with Crippen molar-refractivity contribution in [3.05, 3.63) is 0 Å². The molecular weight excluding hydrogens is 412 g/mol. The molecular formula is C29H58O2S. The first-order chi connectivity index (χ1) is 15.8. The van der Waals surface area contributed by atoms with Crippen molar-refractivity contribution in [2.75, 3.05) is 18.1 Å². The predicted molar refractivity (Wildman–Crippen MR) is 146 cm³/mol. The molecule has 0 aliphatic heterocycles. The van der Waals surface area contributed by atoms with E-state index in [0.717, 1.165) is 12.2 Å². The van der Waals surface area contributed by atoms with Gasteiger partial charge in [0.1, 0.15) is 0 Å². The zero-order valence-corrected chi connectivity index (χ0v) is 22.9. The summed E-state index contributed by atoms with van der Waals surface area (Å²) in [5, 5.41) is 0. The number of unbranched alkanes of at least 4 members (excludes halogenated alkanes) is 20. The van der Waals surface area contributed by atoms with Crippen LogP contribution in [-0.4, -0.2) is 24.1 Å². The molecule has 0 rings (SSSR count). The maximum absolute atomic E-state index is 11.8. The van der Waals surface area contributed by atoms with E-state index in [0.29, 0.717) is 13.0 Å². The molecule has 0 N–H and O–H groups in total. The molecule has 0 bridgehead atoms. The molecule has 0 spiro atoms. The molecule has 0 saturated heterocycles. The van der Waals surface area contributed by atoms with E-state index >= 15 is 0 Å². The Bertz CT molecular complexity index is 359. The van der Waals surface area contributed by atoms with E-state index in [9.17, 15) is 4.79 Å². The Morgan fingerprint density at radius 3 is 1.31 bits per heavy atom. The van der Waals surface area contributed by atoms with Crippen LogP contribution in [-0.2, 0) is 9.53 Å². The summed E-state index contributed by atoms with van der Waals surface area (Å²) in [6.45, 7) is 5.18. The number of hydrogen-bond donors (Lipinski definition) is 0. The van der Waals surface area contributed by atoms with Gasteiger partial charge in [-0.25, -0.2) is 0 Å². The Morgan fingerprint density at radius 2 is 0.875 bits per heavy atom. The summed E-state index contributed by atoms with van der Waals surface area (Å²) in [5.41, 5.74) is 0. The molecule has 0 aromatic heterocycles. The van der Waals surface area contributed by atoms with E-state index < -0.39 is 0 Å². The third-order valence-electron chi connectivity index (χ3n) is 6.35. The van der Waals surface area contributed by atoms with Gasteiger partial charge in [0.2, 0.25) is 0 Å². The third kappa shape index (κ3) is 27.9. The molecule has 0 aliphatic rings. The summed E-state index contributed by atoms with van der Waals surface area (Å²) >= 11 is 1.92. The number of rotatable bonds is 27. The van der Waals surface area contributed by atoms with Gasteiger partial charge in [-0.2, -0.15) is 11.8 Å². The molecule has 0 heterocycles. The van der Waals surface area contributed by atoms with Gasteiger partial charge >= 0.3 is 5.97 Å². The summed E-state index contributed by atoms with van der Waals surface area (Å²) in [7, 11) is 0. The summed E-state index contributed by atoms with van der Waals surface area (Å²) in [6.07, 6.45) is 30.6. The predicted octanol–water partition coefficient (Wildman–Crippen LogP) is 10.3. The van der Waals surface area contributed by atoms with E-state index in [1.165, 1.54) is 141 Å². The molecule has 0 aromatic rings. The van der Waals surface area contributed by atoms with Crippen molar-refractivity contribution < 1.29 is 9.53 Å². The highest BCUT2D eigenvalue weighted by Gasteiger charge is 2.03. The summed E-state index contributed by atoms with van der Waals surface area (Å²) in [5.74, 6) is 2.13. The maximum atomic E-state index is 11.8. The quantitative estimate of drug-likeness (QED) is 0.0882. The van der Waals surface area contributed by atoms with Gasteiger partial charge in [0, 0.05) is 5.75 Å². The lowest BCUT2D eigenvalue weighted by Gasteiger charge is -2.06. The monoisotopic (exact) mass is 470 g/mol. The maximum Gasteiger partial charge on any atom is 0.306 e. The minimum absolute atomic E-state index is 0.00289.